The summed E-state index contributed by atoms with van der Waals surface area (Å²) in [6, 6.07) is 4.86. The van der Waals surface area contributed by atoms with E-state index in [1.165, 1.54) is 6.08 Å². The van der Waals surface area contributed by atoms with Gasteiger partial charge in [0.15, 0.2) is 5.57 Å². The van der Waals surface area contributed by atoms with Crippen molar-refractivity contribution in [2.45, 2.75) is 0 Å². The molecule has 0 saturated carbocycles. The van der Waals surface area contributed by atoms with Crippen molar-refractivity contribution >= 4 is 5.91 Å². The fraction of sp³-hybridized carbons (Fsp3) is 0. The maximum Gasteiger partial charge on any atom is 0.266 e. The molecule has 0 aliphatic carbocycles. The van der Waals surface area contributed by atoms with Crippen LogP contribution in [-0.4, -0.2) is 5.91 Å². The Hall–Kier alpha value is -2.58. The number of carbonyl (C=O) groups excluding carboxylic acids is 1. The molecule has 0 radical (unpaired) electrons. The first-order chi connectivity index (χ1) is 6.22. The van der Waals surface area contributed by atoms with Gasteiger partial charge in [-0.2, -0.15) is 15.8 Å². The molecule has 1 N–H and O–H groups in total. The molecule has 0 spiro atoms. The smallest absolute Gasteiger partial charge is 0.266 e. The van der Waals surface area contributed by atoms with Crippen LogP contribution in [0.2, 0.25) is 0 Å². The molecule has 5 nitrogen and oxygen atoms in total. The Kier molecular flexibility index (Phi) is 2.10. The van der Waals surface area contributed by atoms with Crippen LogP contribution >= 0.6 is 0 Å². The minimum atomic E-state index is -0.583. The van der Waals surface area contributed by atoms with Gasteiger partial charge in [0.2, 0.25) is 0 Å². The number of nitriles is 3. The predicted octanol–water partition coefficient (Wildman–Crippen LogP) is -0.133. The van der Waals surface area contributed by atoms with Gasteiger partial charge in [0.1, 0.15) is 23.8 Å². The number of rotatable bonds is 0. The van der Waals surface area contributed by atoms with E-state index in [2.05, 4.69) is 5.32 Å². The lowest BCUT2D eigenvalue weighted by Gasteiger charge is -1.92. The molecule has 60 valence electrons. The number of hydrogen-bond acceptors (Lipinski definition) is 4. The minimum Gasteiger partial charge on any atom is -0.319 e. The summed E-state index contributed by atoms with van der Waals surface area (Å²) in [5.41, 5.74) is -0.219. The molecule has 0 saturated heterocycles. The monoisotopic (exact) mass is 170 g/mol. The highest BCUT2D eigenvalue weighted by Gasteiger charge is 2.20. The molecule has 0 bridgehead atoms. The van der Waals surface area contributed by atoms with E-state index in [9.17, 15) is 4.79 Å². The predicted molar refractivity (Wildman–Crippen MR) is 40.1 cm³/mol. The Labute approximate surface area is 73.8 Å². The lowest BCUT2D eigenvalue weighted by molar-refractivity contribution is -0.115. The topological polar surface area (TPSA) is 100 Å². The molecule has 13 heavy (non-hydrogen) atoms. The lowest BCUT2D eigenvalue weighted by Crippen LogP contribution is -2.16. The van der Waals surface area contributed by atoms with Crippen molar-refractivity contribution in [2.75, 3.05) is 0 Å². The Bertz CT molecular complexity index is 434. The summed E-state index contributed by atoms with van der Waals surface area (Å²) in [6.07, 6.45) is 1.18. The third-order valence-electron chi connectivity index (χ3n) is 1.39. The van der Waals surface area contributed by atoms with Crippen LogP contribution in [0.5, 0.6) is 0 Å². The Morgan fingerprint density at radius 1 is 1.31 bits per heavy atom. The van der Waals surface area contributed by atoms with E-state index in [-0.39, 0.29) is 16.8 Å². The zero-order valence-corrected chi connectivity index (χ0v) is 6.33. The van der Waals surface area contributed by atoms with Crippen molar-refractivity contribution in [3.8, 4) is 18.2 Å². The van der Waals surface area contributed by atoms with E-state index < -0.39 is 5.91 Å². The van der Waals surface area contributed by atoms with Gasteiger partial charge in [0.25, 0.3) is 5.91 Å². The third-order valence-corrected chi connectivity index (χ3v) is 1.39. The molecule has 1 aliphatic rings. The molecule has 0 aromatic rings. The lowest BCUT2D eigenvalue weighted by atomic mass is 10.2. The second-order valence-electron chi connectivity index (χ2n) is 2.14. The van der Waals surface area contributed by atoms with E-state index in [4.69, 9.17) is 15.8 Å². The molecule has 1 rings (SSSR count). The SMILES string of the molecule is N#CC1=CC(=C(C#N)C#N)NC1=O. The molecule has 0 aromatic heterocycles. The molecular weight excluding hydrogens is 168 g/mol. The Morgan fingerprint density at radius 3 is 2.31 bits per heavy atom. The number of nitrogens with zero attached hydrogens (tertiary/aromatic N) is 3. The summed E-state index contributed by atoms with van der Waals surface area (Å²) < 4.78 is 0. The largest absolute Gasteiger partial charge is 0.319 e. The maximum atomic E-state index is 10.9. The summed E-state index contributed by atoms with van der Waals surface area (Å²) in [4.78, 5) is 10.9. The number of allylic oxidation sites excluding steroid dienone is 2. The van der Waals surface area contributed by atoms with Gasteiger partial charge in [0, 0.05) is 0 Å². The van der Waals surface area contributed by atoms with Gasteiger partial charge in [-0.25, -0.2) is 0 Å². The van der Waals surface area contributed by atoms with Gasteiger partial charge in [-0.05, 0) is 6.08 Å². The first-order valence-electron chi connectivity index (χ1n) is 3.20. The van der Waals surface area contributed by atoms with Crippen LogP contribution in [0.3, 0.4) is 0 Å². The molecule has 0 aromatic carbocycles. The number of nitrogens with one attached hydrogen (secondary N) is 1. The van der Waals surface area contributed by atoms with Crippen LogP contribution in [-0.2, 0) is 4.79 Å². The second kappa shape index (κ2) is 3.21. The van der Waals surface area contributed by atoms with Gasteiger partial charge in [0.05, 0.1) is 5.70 Å². The van der Waals surface area contributed by atoms with Gasteiger partial charge >= 0.3 is 0 Å². The highest BCUT2D eigenvalue weighted by Crippen LogP contribution is 2.12. The average Bonchev–Trinajstić information content (AvgIpc) is 2.49. The van der Waals surface area contributed by atoms with Crippen molar-refractivity contribution in [2.24, 2.45) is 0 Å². The zero-order valence-electron chi connectivity index (χ0n) is 6.33. The van der Waals surface area contributed by atoms with Crippen LogP contribution in [0.4, 0.5) is 0 Å². The molecule has 1 amide bonds. The van der Waals surface area contributed by atoms with Gasteiger partial charge in [-0.15, -0.1) is 0 Å². The van der Waals surface area contributed by atoms with E-state index in [1.807, 2.05) is 0 Å². The van der Waals surface area contributed by atoms with Crippen molar-refractivity contribution in [1.29, 1.82) is 15.8 Å². The quantitative estimate of drug-likeness (QED) is 0.511. The highest BCUT2D eigenvalue weighted by atomic mass is 16.1. The third kappa shape index (κ3) is 1.38. The number of hydrogen-bond donors (Lipinski definition) is 1. The molecular formula is C8H2N4O. The van der Waals surface area contributed by atoms with Crippen molar-refractivity contribution in [3.63, 3.8) is 0 Å². The molecule has 0 fully saturated rings. The first-order valence-corrected chi connectivity index (χ1v) is 3.20. The van der Waals surface area contributed by atoms with Gasteiger partial charge in [-0.3, -0.25) is 4.79 Å². The molecule has 0 atom stereocenters. The fourth-order valence-corrected chi connectivity index (χ4v) is 0.799. The minimum absolute atomic E-state index is 0.0894. The van der Waals surface area contributed by atoms with Crippen LogP contribution in [0.15, 0.2) is 22.9 Å². The van der Waals surface area contributed by atoms with Crippen LogP contribution in [0, 0.1) is 34.0 Å². The van der Waals surface area contributed by atoms with E-state index >= 15 is 0 Å². The van der Waals surface area contributed by atoms with Gasteiger partial charge in [-0.1, -0.05) is 0 Å². The van der Waals surface area contributed by atoms with Crippen molar-refractivity contribution in [1.82, 2.24) is 5.32 Å². The summed E-state index contributed by atoms with van der Waals surface area (Å²) in [6.45, 7) is 0. The summed E-state index contributed by atoms with van der Waals surface area (Å²) in [5, 5.41) is 27.5. The summed E-state index contributed by atoms with van der Waals surface area (Å²) in [7, 11) is 0. The Balaban J connectivity index is 3.21. The van der Waals surface area contributed by atoms with Crippen LogP contribution in [0.1, 0.15) is 0 Å². The van der Waals surface area contributed by atoms with Gasteiger partial charge < -0.3 is 5.32 Å². The average molecular weight is 170 g/mol. The molecule has 5 heteroatoms. The van der Waals surface area contributed by atoms with E-state index in [0.717, 1.165) is 0 Å². The van der Waals surface area contributed by atoms with E-state index in [1.54, 1.807) is 18.2 Å². The fourth-order valence-electron chi connectivity index (χ4n) is 0.799. The first kappa shape index (κ1) is 8.52. The number of amides is 1. The molecule has 1 aliphatic heterocycles. The van der Waals surface area contributed by atoms with E-state index in [0.29, 0.717) is 0 Å². The Morgan fingerprint density at radius 2 is 1.92 bits per heavy atom. The molecule has 1 heterocycles. The molecule has 0 unspecified atom stereocenters. The maximum absolute atomic E-state index is 10.9. The summed E-state index contributed by atoms with van der Waals surface area (Å²) >= 11 is 0. The summed E-state index contributed by atoms with van der Waals surface area (Å²) in [5.74, 6) is -0.583. The number of carbonyl (C=O) groups is 1. The highest BCUT2D eigenvalue weighted by molar-refractivity contribution is 6.02. The van der Waals surface area contributed by atoms with Crippen LogP contribution < -0.4 is 5.32 Å². The second-order valence-corrected chi connectivity index (χ2v) is 2.14. The zero-order chi connectivity index (χ0) is 9.84. The van der Waals surface area contributed by atoms with Crippen LogP contribution in [0.25, 0.3) is 0 Å². The van der Waals surface area contributed by atoms with Crippen molar-refractivity contribution in [3.05, 3.63) is 22.9 Å². The normalized spacial score (nSPS) is 13.5. The van der Waals surface area contributed by atoms with Crippen molar-refractivity contribution < 1.29 is 4.79 Å². The standard InChI is InChI=1S/C8H2N4O/c9-2-5-1-7(12-8(5)13)6(3-10)4-11/h1H,(H,12,13).